The number of piperidine rings is 1. The largest absolute Gasteiger partial charge is 0.336 e. The molecule has 2 heterocycles. The predicted octanol–water partition coefficient (Wildman–Crippen LogP) is 3.17. The molecule has 0 N–H and O–H groups in total. The van der Waals surface area contributed by atoms with Gasteiger partial charge in [-0.1, -0.05) is 24.3 Å². The minimum Gasteiger partial charge on any atom is -0.336 e. The van der Waals surface area contributed by atoms with Crippen LogP contribution in [0, 0.1) is 0 Å². The van der Waals surface area contributed by atoms with Gasteiger partial charge < -0.3 is 9.80 Å². The van der Waals surface area contributed by atoms with Crippen LogP contribution in [0.2, 0.25) is 0 Å². The molecule has 0 spiro atoms. The van der Waals surface area contributed by atoms with Gasteiger partial charge in [0.15, 0.2) is 0 Å². The Morgan fingerprint density at radius 3 is 2.62 bits per heavy atom. The van der Waals surface area contributed by atoms with Crippen LogP contribution in [0.25, 0.3) is 0 Å². The Labute approximate surface area is 156 Å². The Morgan fingerprint density at radius 2 is 1.96 bits per heavy atom. The molecule has 0 saturated carbocycles. The highest BCUT2D eigenvalue weighted by atomic mass is 16.2. The molecule has 2 aromatic rings. The number of hydrogen-bond donors (Lipinski definition) is 0. The third kappa shape index (κ3) is 4.52. The highest BCUT2D eigenvalue weighted by Gasteiger charge is 2.27. The fraction of sp³-hybridized carbons (Fsp3) is 0.524. The summed E-state index contributed by atoms with van der Waals surface area (Å²) in [6.45, 7) is 1.81. The quantitative estimate of drug-likeness (QED) is 0.800. The van der Waals surface area contributed by atoms with E-state index < -0.39 is 0 Å². The molecular weight excluding hydrogens is 324 g/mol. The third-order valence-electron chi connectivity index (χ3n) is 5.20. The number of nitrogens with zero attached hydrogens (tertiary/aromatic N) is 4. The van der Waals surface area contributed by atoms with Gasteiger partial charge in [-0.05, 0) is 57.0 Å². The fourth-order valence-corrected chi connectivity index (χ4v) is 3.81. The molecule has 0 bridgehead atoms. The molecule has 1 aromatic carbocycles. The maximum atomic E-state index is 12.9. The van der Waals surface area contributed by atoms with Crippen molar-refractivity contribution in [3.05, 3.63) is 53.3 Å². The molecule has 0 radical (unpaired) electrons. The smallest absolute Gasteiger partial charge is 0.223 e. The lowest BCUT2D eigenvalue weighted by molar-refractivity contribution is -0.135. The number of aromatic nitrogens is 2. The van der Waals surface area contributed by atoms with E-state index in [4.69, 9.17) is 0 Å². The summed E-state index contributed by atoms with van der Waals surface area (Å²) >= 11 is 0. The van der Waals surface area contributed by atoms with Crippen LogP contribution in [-0.2, 0) is 24.8 Å². The van der Waals surface area contributed by atoms with E-state index in [1.54, 1.807) is 6.20 Å². The molecular formula is C21H30N4O. The number of carbonyl (C=O) groups is 1. The normalized spacial score (nSPS) is 17.7. The standard InChI is InChI=1S/C21H30N4O/c1-23(2)16-17-7-9-18(10-8-17)20-6-4-5-15-25(20)21(26)12-11-19-13-14-22-24(19)3/h7-10,13-14,20H,4-6,11-12,15-16H2,1-3H3. The molecule has 1 saturated heterocycles. The predicted molar refractivity (Wildman–Crippen MR) is 104 cm³/mol. The van der Waals surface area contributed by atoms with E-state index in [0.717, 1.165) is 38.0 Å². The Morgan fingerprint density at radius 1 is 1.19 bits per heavy atom. The Hall–Kier alpha value is -2.14. The molecule has 3 rings (SSSR count). The average Bonchev–Trinajstić information content (AvgIpc) is 3.05. The van der Waals surface area contributed by atoms with E-state index in [1.807, 2.05) is 17.8 Å². The van der Waals surface area contributed by atoms with Crippen LogP contribution in [0.1, 0.15) is 48.5 Å². The first-order chi connectivity index (χ1) is 12.5. The summed E-state index contributed by atoms with van der Waals surface area (Å²) in [5.41, 5.74) is 3.68. The Balaban J connectivity index is 1.67. The van der Waals surface area contributed by atoms with Gasteiger partial charge in [0.1, 0.15) is 0 Å². The van der Waals surface area contributed by atoms with Gasteiger partial charge in [0.05, 0.1) is 6.04 Å². The van der Waals surface area contributed by atoms with Gasteiger partial charge in [-0.3, -0.25) is 9.48 Å². The lowest BCUT2D eigenvalue weighted by Crippen LogP contribution is -2.38. The molecule has 1 aliphatic rings. The van der Waals surface area contributed by atoms with Crippen LogP contribution in [-0.4, -0.2) is 46.1 Å². The van der Waals surface area contributed by atoms with Crippen molar-refractivity contribution in [1.29, 1.82) is 0 Å². The molecule has 1 unspecified atom stereocenters. The lowest BCUT2D eigenvalue weighted by atomic mass is 9.94. The summed E-state index contributed by atoms with van der Waals surface area (Å²) in [5.74, 6) is 0.258. The van der Waals surface area contributed by atoms with Crippen LogP contribution in [0.3, 0.4) is 0 Å². The van der Waals surface area contributed by atoms with E-state index in [0.29, 0.717) is 6.42 Å². The first-order valence-corrected chi connectivity index (χ1v) is 9.54. The van der Waals surface area contributed by atoms with Crippen LogP contribution in [0.4, 0.5) is 0 Å². The number of hydrogen-bond acceptors (Lipinski definition) is 3. The third-order valence-corrected chi connectivity index (χ3v) is 5.20. The summed E-state index contributed by atoms with van der Waals surface area (Å²) in [6, 6.07) is 11.0. The van der Waals surface area contributed by atoms with Gasteiger partial charge in [-0.25, -0.2) is 0 Å². The second-order valence-corrected chi connectivity index (χ2v) is 7.52. The molecule has 1 aromatic heterocycles. The van der Waals surface area contributed by atoms with Crippen molar-refractivity contribution in [2.24, 2.45) is 7.05 Å². The van der Waals surface area contributed by atoms with Crippen LogP contribution < -0.4 is 0 Å². The highest BCUT2D eigenvalue weighted by molar-refractivity contribution is 5.77. The van der Waals surface area contributed by atoms with Gasteiger partial charge in [0.25, 0.3) is 0 Å². The topological polar surface area (TPSA) is 41.4 Å². The number of benzene rings is 1. The first-order valence-electron chi connectivity index (χ1n) is 9.54. The summed E-state index contributed by atoms with van der Waals surface area (Å²) in [7, 11) is 6.09. The zero-order valence-electron chi connectivity index (χ0n) is 16.2. The van der Waals surface area contributed by atoms with Gasteiger partial charge in [-0.2, -0.15) is 5.10 Å². The molecule has 26 heavy (non-hydrogen) atoms. The number of likely N-dealkylation sites (tertiary alicyclic amines) is 1. The molecule has 1 atom stereocenters. The number of rotatable bonds is 6. The molecule has 1 aliphatic heterocycles. The van der Waals surface area contributed by atoms with Crippen molar-refractivity contribution >= 4 is 5.91 Å². The molecule has 1 fully saturated rings. The van der Waals surface area contributed by atoms with Crippen molar-refractivity contribution in [3.8, 4) is 0 Å². The van der Waals surface area contributed by atoms with Crippen molar-refractivity contribution in [3.63, 3.8) is 0 Å². The zero-order chi connectivity index (χ0) is 18.5. The van der Waals surface area contributed by atoms with Crippen LogP contribution >= 0.6 is 0 Å². The SMILES string of the molecule is CN(C)Cc1ccc(C2CCCCN2C(=O)CCc2ccnn2C)cc1. The molecule has 5 nitrogen and oxygen atoms in total. The first kappa shape index (κ1) is 18.6. The molecule has 5 heteroatoms. The van der Waals surface area contributed by atoms with E-state index in [9.17, 15) is 4.79 Å². The number of amides is 1. The Bertz CT molecular complexity index is 720. The van der Waals surface area contributed by atoms with Crippen molar-refractivity contribution in [1.82, 2.24) is 19.6 Å². The fourth-order valence-electron chi connectivity index (χ4n) is 3.81. The number of aryl methyl sites for hydroxylation is 2. The monoisotopic (exact) mass is 354 g/mol. The molecule has 0 aliphatic carbocycles. The summed E-state index contributed by atoms with van der Waals surface area (Å²) in [4.78, 5) is 17.2. The summed E-state index contributed by atoms with van der Waals surface area (Å²) < 4.78 is 1.85. The van der Waals surface area contributed by atoms with E-state index in [1.165, 1.54) is 17.5 Å². The van der Waals surface area contributed by atoms with Crippen molar-refractivity contribution < 1.29 is 4.79 Å². The summed E-state index contributed by atoms with van der Waals surface area (Å²) in [6.07, 6.45) is 6.45. The second-order valence-electron chi connectivity index (χ2n) is 7.52. The average molecular weight is 354 g/mol. The van der Waals surface area contributed by atoms with E-state index in [-0.39, 0.29) is 11.9 Å². The van der Waals surface area contributed by atoms with Crippen molar-refractivity contribution in [2.45, 2.75) is 44.7 Å². The van der Waals surface area contributed by atoms with E-state index in [2.05, 4.69) is 53.3 Å². The van der Waals surface area contributed by atoms with Crippen molar-refractivity contribution in [2.75, 3.05) is 20.6 Å². The maximum Gasteiger partial charge on any atom is 0.223 e. The summed E-state index contributed by atoms with van der Waals surface area (Å²) in [5, 5.41) is 4.19. The number of carbonyl (C=O) groups excluding carboxylic acids is 1. The van der Waals surface area contributed by atoms with Crippen LogP contribution in [0.15, 0.2) is 36.5 Å². The molecule has 1 amide bonds. The maximum absolute atomic E-state index is 12.9. The molecule has 140 valence electrons. The van der Waals surface area contributed by atoms with Crippen LogP contribution in [0.5, 0.6) is 0 Å². The van der Waals surface area contributed by atoms with Gasteiger partial charge in [0.2, 0.25) is 5.91 Å². The minimum atomic E-state index is 0.219. The zero-order valence-corrected chi connectivity index (χ0v) is 16.2. The Kier molecular flexibility index (Phi) is 6.09. The minimum absolute atomic E-state index is 0.219. The van der Waals surface area contributed by atoms with E-state index >= 15 is 0 Å². The van der Waals surface area contributed by atoms with Gasteiger partial charge >= 0.3 is 0 Å². The second kappa shape index (κ2) is 8.49. The lowest BCUT2D eigenvalue weighted by Gasteiger charge is -2.36. The van der Waals surface area contributed by atoms with Gasteiger partial charge in [0, 0.05) is 38.4 Å². The van der Waals surface area contributed by atoms with Gasteiger partial charge in [-0.15, -0.1) is 0 Å². The highest BCUT2D eigenvalue weighted by Crippen LogP contribution is 2.31.